The molecule has 12 heteroatoms. The number of aliphatic hydroxyl groups is 1. The van der Waals surface area contributed by atoms with Gasteiger partial charge in [0.2, 0.25) is 6.10 Å². The quantitative estimate of drug-likeness (QED) is 0.317. The molecule has 1 heterocycles. The third-order valence-corrected chi connectivity index (χ3v) is 7.84. The zero-order valence-electron chi connectivity index (χ0n) is 26.2. The average molecular weight is 628 g/mol. The van der Waals surface area contributed by atoms with E-state index in [1.54, 1.807) is 44.2 Å². The zero-order valence-corrected chi connectivity index (χ0v) is 26.2. The van der Waals surface area contributed by atoms with E-state index in [1.165, 1.54) is 52.0 Å². The van der Waals surface area contributed by atoms with Crippen molar-refractivity contribution in [3.05, 3.63) is 65.7 Å². The Morgan fingerprint density at radius 3 is 2.20 bits per heavy atom. The van der Waals surface area contributed by atoms with Gasteiger partial charge in [-0.1, -0.05) is 50.2 Å². The van der Waals surface area contributed by atoms with E-state index in [4.69, 9.17) is 18.9 Å². The normalized spacial score (nSPS) is 27.0. The van der Waals surface area contributed by atoms with Crippen molar-refractivity contribution in [1.82, 2.24) is 5.32 Å². The first-order chi connectivity index (χ1) is 21.1. The maximum Gasteiger partial charge on any atom is 0.348 e. The summed E-state index contributed by atoms with van der Waals surface area (Å²) in [7, 11) is 0. The van der Waals surface area contributed by atoms with Crippen molar-refractivity contribution in [2.24, 2.45) is 11.3 Å². The number of phenolic OH excluding ortho intramolecular Hbond substituents is 1. The van der Waals surface area contributed by atoms with E-state index in [-0.39, 0.29) is 17.7 Å². The minimum absolute atomic E-state index is 0.00158. The molecule has 0 spiro atoms. The molecule has 2 aromatic carbocycles. The molecule has 1 fully saturated rings. The molecular formula is C33H41NO11. The Balaban J connectivity index is 2.03. The van der Waals surface area contributed by atoms with Gasteiger partial charge in [-0.3, -0.25) is 9.59 Å². The second kappa shape index (κ2) is 15.0. The molecule has 0 bridgehead atoms. The van der Waals surface area contributed by atoms with Gasteiger partial charge in [-0.05, 0) is 57.9 Å². The van der Waals surface area contributed by atoms with Crippen LogP contribution in [0, 0.1) is 11.3 Å². The molecule has 0 unspecified atom stereocenters. The van der Waals surface area contributed by atoms with Crippen LogP contribution in [0.2, 0.25) is 0 Å². The lowest BCUT2D eigenvalue weighted by atomic mass is 9.81. The molecule has 7 atom stereocenters. The van der Waals surface area contributed by atoms with E-state index in [0.717, 1.165) is 0 Å². The van der Waals surface area contributed by atoms with Gasteiger partial charge in [-0.15, -0.1) is 0 Å². The van der Waals surface area contributed by atoms with E-state index in [9.17, 15) is 34.2 Å². The Labute approximate surface area is 262 Å². The maximum atomic E-state index is 13.5. The number of hydrogen-bond donors (Lipinski definition) is 3. The predicted octanol–water partition coefficient (Wildman–Crippen LogP) is 2.87. The van der Waals surface area contributed by atoms with Gasteiger partial charge in [0.25, 0.3) is 5.91 Å². The SMILES string of the molecule is CC[C@@H](C)[C@@H]1OC(=O)C(C)(C)[C@@H](O)[C@H](Cc2ccccc2)OC(=O)[C@H](C)OC(=O)[C@@H](NC(=O)c2cccc(O)c2)[C@H](C)OC1=O. The van der Waals surface area contributed by atoms with E-state index in [1.807, 2.05) is 0 Å². The van der Waals surface area contributed by atoms with Gasteiger partial charge < -0.3 is 34.5 Å². The molecule has 0 radical (unpaired) electrons. The fourth-order valence-corrected chi connectivity index (χ4v) is 4.63. The summed E-state index contributed by atoms with van der Waals surface area (Å²) in [4.78, 5) is 66.6. The summed E-state index contributed by atoms with van der Waals surface area (Å²) in [6.45, 7) is 8.82. The van der Waals surface area contributed by atoms with Gasteiger partial charge in [-0.25, -0.2) is 14.4 Å². The number of ether oxygens (including phenoxy) is 4. The van der Waals surface area contributed by atoms with Crippen molar-refractivity contribution in [2.45, 2.75) is 90.9 Å². The maximum absolute atomic E-state index is 13.5. The molecular weight excluding hydrogens is 586 g/mol. The van der Waals surface area contributed by atoms with Crippen LogP contribution in [-0.2, 0) is 44.5 Å². The molecule has 0 aliphatic carbocycles. The van der Waals surface area contributed by atoms with Crippen LogP contribution < -0.4 is 5.32 Å². The van der Waals surface area contributed by atoms with E-state index in [2.05, 4.69) is 5.32 Å². The highest BCUT2D eigenvalue weighted by Crippen LogP contribution is 2.31. The number of benzene rings is 2. The van der Waals surface area contributed by atoms with Gasteiger partial charge in [0.05, 0.1) is 5.41 Å². The molecule has 3 N–H and O–H groups in total. The van der Waals surface area contributed by atoms with Crippen molar-refractivity contribution in [3.8, 4) is 5.75 Å². The first kappa shape index (κ1) is 35.0. The van der Waals surface area contributed by atoms with Crippen molar-refractivity contribution >= 4 is 29.8 Å². The largest absolute Gasteiger partial charge is 0.508 e. The van der Waals surface area contributed by atoms with E-state index >= 15 is 0 Å². The number of aliphatic hydroxyl groups excluding tert-OH is 1. The van der Waals surface area contributed by atoms with E-state index in [0.29, 0.717) is 12.0 Å². The van der Waals surface area contributed by atoms with Gasteiger partial charge in [-0.2, -0.15) is 0 Å². The van der Waals surface area contributed by atoms with Gasteiger partial charge in [0.1, 0.15) is 24.1 Å². The van der Waals surface area contributed by atoms with Crippen LogP contribution in [0.5, 0.6) is 5.75 Å². The van der Waals surface area contributed by atoms with Gasteiger partial charge in [0, 0.05) is 17.9 Å². The van der Waals surface area contributed by atoms with Crippen LogP contribution in [0.3, 0.4) is 0 Å². The molecule has 1 aliphatic rings. The number of phenols is 1. The standard InChI is InChI=1S/C33H41NO11/c1-7-18(2)26-31(40)42-19(3)25(34-28(37)22-14-11-15-23(35)17-22)30(39)43-20(4)29(38)44-24(16-21-12-9-8-10-13-21)27(36)33(5,6)32(41)45-26/h8-15,17-20,24-27,35-36H,7,16H2,1-6H3,(H,34,37)/t18-,19+,20+,24+,25+,26+,27+/m1/s1. The highest BCUT2D eigenvalue weighted by molar-refractivity contribution is 5.97. The lowest BCUT2D eigenvalue weighted by Gasteiger charge is -2.35. The molecule has 1 amide bonds. The zero-order chi connectivity index (χ0) is 33.5. The fraction of sp³-hybridized carbons (Fsp3) is 0.485. The molecule has 1 aliphatic heterocycles. The molecule has 45 heavy (non-hydrogen) atoms. The number of esters is 4. The van der Waals surface area contributed by atoms with Gasteiger partial charge >= 0.3 is 23.9 Å². The minimum atomic E-state index is -1.67. The van der Waals surface area contributed by atoms with Gasteiger partial charge in [0.15, 0.2) is 12.1 Å². The summed E-state index contributed by atoms with van der Waals surface area (Å²) in [5, 5.41) is 23.7. The highest BCUT2D eigenvalue weighted by Gasteiger charge is 2.47. The monoisotopic (exact) mass is 627 g/mol. The number of rotatable bonds is 6. The van der Waals surface area contributed by atoms with Crippen LogP contribution in [0.1, 0.15) is 63.9 Å². The van der Waals surface area contributed by atoms with Crippen LogP contribution in [0.4, 0.5) is 0 Å². The minimum Gasteiger partial charge on any atom is -0.508 e. The average Bonchev–Trinajstić information content (AvgIpc) is 3.00. The summed E-state index contributed by atoms with van der Waals surface area (Å²) < 4.78 is 22.2. The smallest absolute Gasteiger partial charge is 0.348 e. The number of amides is 1. The Kier molecular flexibility index (Phi) is 11.7. The number of carbonyl (C=O) groups is 5. The van der Waals surface area contributed by atoms with E-state index < -0.39 is 77.7 Å². The molecule has 1 saturated heterocycles. The Morgan fingerprint density at radius 1 is 0.911 bits per heavy atom. The molecule has 12 nitrogen and oxygen atoms in total. The Hall–Kier alpha value is -4.45. The summed E-state index contributed by atoms with van der Waals surface area (Å²) in [5.74, 6) is -5.62. The molecule has 3 rings (SSSR count). The first-order valence-electron chi connectivity index (χ1n) is 14.8. The number of cyclic esters (lactones) is 4. The summed E-state index contributed by atoms with van der Waals surface area (Å²) in [6, 6.07) is 12.5. The van der Waals surface area contributed by atoms with Crippen LogP contribution in [0.15, 0.2) is 54.6 Å². The third-order valence-electron chi connectivity index (χ3n) is 7.84. The highest BCUT2D eigenvalue weighted by atomic mass is 16.6. The molecule has 0 saturated carbocycles. The van der Waals surface area contributed by atoms with Crippen molar-refractivity contribution < 1.29 is 53.1 Å². The van der Waals surface area contributed by atoms with Crippen LogP contribution >= 0.6 is 0 Å². The fourth-order valence-electron chi connectivity index (χ4n) is 4.63. The topological polar surface area (TPSA) is 175 Å². The number of hydrogen-bond acceptors (Lipinski definition) is 11. The Morgan fingerprint density at radius 2 is 1.58 bits per heavy atom. The van der Waals surface area contributed by atoms with Crippen LogP contribution in [0.25, 0.3) is 0 Å². The molecule has 0 aromatic heterocycles. The predicted molar refractivity (Wildman–Crippen MR) is 160 cm³/mol. The second-order valence-corrected chi connectivity index (χ2v) is 11.8. The Bertz CT molecular complexity index is 1380. The lowest BCUT2D eigenvalue weighted by Crippen LogP contribution is -2.52. The summed E-state index contributed by atoms with van der Waals surface area (Å²) in [5.41, 5.74) is -0.989. The summed E-state index contributed by atoms with van der Waals surface area (Å²) >= 11 is 0. The van der Waals surface area contributed by atoms with Crippen molar-refractivity contribution in [2.75, 3.05) is 0 Å². The van der Waals surface area contributed by atoms with Crippen molar-refractivity contribution in [3.63, 3.8) is 0 Å². The first-order valence-corrected chi connectivity index (χ1v) is 14.8. The van der Waals surface area contributed by atoms with Crippen LogP contribution in [-0.4, -0.2) is 76.6 Å². The summed E-state index contributed by atoms with van der Waals surface area (Å²) in [6.07, 6.45) is -6.83. The molecule has 2 aromatic rings. The third kappa shape index (κ3) is 8.81. The second-order valence-electron chi connectivity index (χ2n) is 11.8. The number of aromatic hydroxyl groups is 1. The van der Waals surface area contributed by atoms with Crippen molar-refractivity contribution in [1.29, 1.82) is 0 Å². The molecule has 244 valence electrons. The number of nitrogens with one attached hydrogen (secondary N) is 1. The lowest BCUT2D eigenvalue weighted by molar-refractivity contribution is -0.190. The number of carbonyl (C=O) groups excluding carboxylic acids is 5.